The molecule has 1 fully saturated rings. The third-order valence-electron chi connectivity index (χ3n) is 3.43. The number of hydrogen-bond acceptors (Lipinski definition) is 1. The molecule has 1 aliphatic rings. The zero-order valence-electron chi connectivity index (χ0n) is 9.92. The van der Waals surface area contributed by atoms with Crippen LogP contribution >= 0.6 is 0 Å². The lowest BCUT2D eigenvalue weighted by Crippen LogP contribution is -2.32. The van der Waals surface area contributed by atoms with Crippen molar-refractivity contribution < 1.29 is 4.79 Å². The van der Waals surface area contributed by atoms with Crippen molar-refractivity contribution in [2.75, 3.05) is 13.1 Å². The Morgan fingerprint density at radius 3 is 1.93 bits per heavy atom. The smallest absolute Gasteiger partial charge is 0.225 e. The Morgan fingerprint density at radius 2 is 1.64 bits per heavy atom. The molecule has 1 saturated heterocycles. The SMILES string of the molecule is CCC1CN(C(=O)C(C)C)CC1CC. The fraction of sp³-hybridized carbons (Fsp3) is 0.917. The van der Waals surface area contributed by atoms with Crippen molar-refractivity contribution in [3.8, 4) is 0 Å². The predicted octanol–water partition coefficient (Wildman–Crippen LogP) is 2.54. The quantitative estimate of drug-likeness (QED) is 0.681. The van der Waals surface area contributed by atoms with Crippen LogP contribution in [-0.2, 0) is 4.79 Å². The second-order valence-electron chi connectivity index (χ2n) is 4.73. The summed E-state index contributed by atoms with van der Waals surface area (Å²) in [5, 5.41) is 0. The summed E-state index contributed by atoms with van der Waals surface area (Å²) in [6.45, 7) is 10.4. The molecule has 0 aliphatic carbocycles. The van der Waals surface area contributed by atoms with Crippen LogP contribution in [-0.4, -0.2) is 23.9 Å². The van der Waals surface area contributed by atoms with Gasteiger partial charge in [0.15, 0.2) is 0 Å². The summed E-state index contributed by atoms with van der Waals surface area (Å²) in [5.41, 5.74) is 0. The van der Waals surface area contributed by atoms with Crippen LogP contribution in [0.4, 0.5) is 0 Å². The summed E-state index contributed by atoms with van der Waals surface area (Å²) in [4.78, 5) is 13.9. The van der Waals surface area contributed by atoms with Gasteiger partial charge in [-0.1, -0.05) is 40.5 Å². The first kappa shape index (κ1) is 11.5. The van der Waals surface area contributed by atoms with Gasteiger partial charge in [-0.05, 0) is 11.8 Å². The molecule has 82 valence electrons. The lowest BCUT2D eigenvalue weighted by atomic mass is 9.92. The minimum absolute atomic E-state index is 0.156. The Kier molecular flexibility index (Phi) is 3.97. The van der Waals surface area contributed by atoms with Crippen LogP contribution in [0.25, 0.3) is 0 Å². The average molecular weight is 197 g/mol. The van der Waals surface area contributed by atoms with Gasteiger partial charge in [0.25, 0.3) is 0 Å². The molecule has 0 aromatic rings. The largest absolute Gasteiger partial charge is 0.342 e. The molecule has 2 atom stereocenters. The van der Waals surface area contributed by atoms with E-state index in [2.05, 4.69) is 18.7 Å². The van der Waals surface area contributed by atoms with E-state index < -0.39 is 0 Å². The Hall–Kier alpha value is -0.530. The van der Waals surface area contributed by atoms with Crippen molar-refractivity contribution in [3.05, 3.63) is 0 Å². The lowest BCUT2D eigenvalue weighted by Gasteiger charge is -2.18. The molecule has 2 unspecified atom stereocenters. The number of likely N-dealkylation sites (tertiary alicyclic amines) is 1. The molecular formula is C12H23NO. The van der Waals surface area contributed by atoms with E-state index in [4.69, 9.17) is 0 Å². The summed E-state index contributed by atoms with van der Waals surface area (Å²) in [6.07, 6.45) is 2.42. The van der Waals surface area contributed by atoms with Crippen LogP contribution in [0, 0.1) is 17.8 Å². The summed E-state index contributed by atoms with van der Waals surface area (Å²) >= 11 is 0. The van der Waals surface area contributed by atoms with Gasteiger partial charge in [-0.2, -0.15) is 0 Å². The normalized spacial score (nSPS) is 27.4. The van der Waals surface area contributed by atoms with Crippen molar-refractivity contribution in [2.45, 2.75) is 40.5 Å². The maximum absolute atomic E-state index is 11.8. The van der Waals surface area contributed by atoms with Gasteiger partial charge in [-0.3, -0.25) is 4.79 Å². The molecule has 0 radical (unpaired) electrons. The van der Waals surface area contributed by atoms with E-state index >= 15 is 0 Å². The molecule has 0 N–H and O–H groups in total. The fourth-order valence-corrected chi connectivity index (χ4v) is 2.41. The minimum Gasteiger partial charge on any atom is -0.342 e. The molecule has 1 rings (SSSR count). The molecule has 1 amide bonds. The second kappa shape index (κ2) is 4.81. The molecule has 14 heavy (non-hydrogen) atoms. The van der Waals surface area contributed by atoms with E-state index in [1.54, 1.807) is 0 Å². The van der Waals surface area contributed by atoms with Crippen molar-refractivity contribution in [1.29, 1.82) is 0 Å². The molecular weight excluding hydrogens is 174 g/mol. The third kappa shape index (κ3) is 2.28. The van der Waals surface area contributed by atoms with Gasteiger partial charge >= 0.3 is 0 Å². The van der Waals surface area contributed by atoms with Crippen molar-refractivity contribution in [1.82, 2.24) is 4.90 Å². The van der Waals surface area contributed by atoms with Crippen molar-refractivity contribution in [3.63, 3.8) is 0 Å². The number of nitrogens with zero attached hydrogens (tertiary/aromatic N) is 1. The first-order chi connectivity index (χ1) is 6.60. The molecule has 1 aliphatic heterocycles. The van der Waals surface area contributed by atoms with E-state index in [-0.39, 0.29) is 5.92 Å². The highest BCUT2D eigenvalue weighted by atomic mass is 16.2. The van der Waals surface area contributed by atoms with Crippen molar-refractivity contribution in [2.24, 2.45) is 17.8 Å². The summed E-state index contributed by atoms with van der Waals surface area (Å²) in [5.74, 6) is 1.97. The zero-order chi connectivity index (χ0) is 10.7. The van der Waals surface area contributed by atoms with Gasteiger partial charge < -0.3 is 4.90 Å². The predicted molar refractivity (Wildman–Crippen MR) is 59.0 cm³/mol. The highest BCUT2D eigenvalue weighted by Gasteiger charge is 2.33. The molecule has 0 bridgehead atoms. The molecule has 0 aromatic carbocycles. The molecule has 0 spiro atoms. The van der Waals surface area contributed by atoms with Gasteiger partial charge in [0.1, 0.15) is 0 Å². The summed E-state index contributed by atoms with van der Waals surface area (Å²) in [7, 11) is 0. The lowest BCUT2D eigenvalue weighted by molar-refractivity contribution is -0.133. The number of carbonyl (C=O) groups excluding carboxylic acids is 1. The minimum atomic E-state index is 0.156. The van der Waals surface area contributed by atoms with Crippen LogP contribution in [0.5, 0.6) is 0 Å². The average Bonchev–Trinajstić information content (AvgIpc) is 2.59. The van der Waals surface area contributed by atoms with Crippen LogP contribution in [0.3, 0.4) is 0 Å². The fourth-order valence-electron chi connectivity index (χ4n) is 2.41. The van der Waals surface area contributed by atoms with Crippen molar-refractivity contribution >= 4 is 5.91 Å². The van der Waals surface area contributed by atoms with E-state index in [9.17, 15) is 4.79 Å². The van der Waals surface area contributed by atoms with Crippen LogP contribution in [0.15, 0.2) is 0 Å². The number of hydrogen-bond donors (Lipinski definition) is 0. The second-order valence-corrected chi connectivity index (χ2v) is 4.73. The first-order valence-electron chi connectivity index (χ1n) is 5.88. The molecule has 0 saturated carbocycles. The topological polar surface area (TPSA) is 20.3 Å². The Bertz CT molecular complexity index is 188. The highest BCUT2D eigenvalue weighted by molar-refractivity contribution is 5.78. The highest BCUT2D eigenvalue weighted by Crippen LogP contribution is 2.29. The monoisotopic (exact) mass is 197 g/mol. The van der Waals surface area contributed by atoms with Gasteiger partial charge in [-0.25, -0.2) is 0 Å². The standard InChI is InChI=1S/C12H23NO/c1-5-10-7-13(8-11(10)6-2)12(14)9(3)4/h9-11H,5-8H2,1-4H3. The summed E-state index contributed by atoms with van der Waals surface area (Å²) in [6, 6.07) is 0. The van der Waals surface area contributed by atoms with E-state index in [0.717, 1.165) is 24.9 Å². The van der Waals surface area contributed by atoms with Gasteiger partial charge in [-0.15, -0.1) is 0 Å². The number of amides is 1. The summed E-state index contributed by atoms with van der Waals surface area (Å²) < 4.78 is 0. The Morgan fingerprint density at radius 1 is 1.21 bits per heavy atom. The Balaban J connectivity index is 2.57. The van der Waals surface area contributed by atoms with Gasteiger partial charge in [0, 0.05) is 19.0 Å². The van der Waals surface area contributed by atoms with E-state index in [1.165, 1.54) is 12.8 Å². The van der Waals surface area contributed by atoms with Gasteiger partial charge in [0.05, 0.1) is 0 Å². The molecule has 2 heteroatoms. The first-order valence-corrected chi connectivity index (χ1v) is 5.88. The van der Waals surface area contributed by atoms with Crippen LogP contribution in [0.2, 0.25) is 0 Å². The zero-order valence-corrected chi connectivity index (χ0v) is 9.92. The maximum Gasteiger partial charge on any atom is 0.225 e. The third-order valence-corrected chi connectivity index (χ3v) is 3.43. The molecule has 0 aromatic heterocycles. The van der Waals surface area contributed by atoms with Crippen LogP contribution < -0.4 is 0 Å². The Labute approximate surface area is 87.7 Å². The molecule has 2 nitrogen and oxygen atoms in total. The maximum atomic E-state index is 11.8. The number of rotatable bonds is 3. The van der Waals surface area contributed by atoms with Gasteiger partial charge in [0.2, 0.25) is 5.91 Å². The number of carbonyl (C=O) groups is 1. The van der Waals surface area contributed by atoms with E-state index in [1.807, 2.05) is 13.8 Å². The van der Waals surface area contributed by atoms with E-state index in [0.29, 0.717) is 5.91 Å². The molecule has 1 heterocycles. The van der Waals surface area contributed by atoms with Crippen LogP contribution in [0.1, 0.15) is 40.5 Å².